The molecule has 0 heterocycles. The van der Waals surface area contributed by atoms with Gasteiger partial charge in [0.1, 0.15) is 0 Å². The lowest BCUT2D eigenvalue weighted by atomic mass is 9.96. The van der Waals surface area contributed by atoms with E-state index in [1.165, 1.54) is 29.6 Å². The summed E-state index contributed by atoms with van der Waals surface area (Å²) in [6.45, 7) is 0. The summed E-state index contributed by atoms with van der Waals surface area (Å²) in [7, 11) is -3.52. The van der Waals surface area contributed by atoms with Crippen LogP contribution in [0.2, 0.25) is 0 Å². The molecule has 0 aromatic heterocycles. The molecule has 5 heteroatoms. The van der Waals surface area contributed by atoms with E-state index in [0.717, 1.165) is 18.4 Å². The Labute approximate surface area is 154 Å². The Morgan fingerprint density at radius 2 is 1.42 bits per heavy atom. The first-order chi connectivity index (χ1) is 12.4. The normalized spacial score (nSPS) is 18.2. The molecule has 0 radical (unpaired) electrons. The largest absolute Gasteiger partial charge is 0.228 e. The van der Waals surface area contributed by atoms with Gasteiger partial charge in [0.15, 0.2) is 0 Å². The van der Waals surface area contributed by atoms with E-state index in [9.17, 15) is 8.42 Å². The summed E-state index contributed by atoms with van der Waals surface area (Å²) in [4.78, 5) is 0. The standard InChI is InChI=1S/C21H20N2O2S/c22-13-15-1-5-17(6-2-15)19-11-21(9-10-21)12-20(19)18-7-3-16(4-8-18)14-26(23,24)25/h1-8H,9-12,14H2,(H2,23,24,25). The van der Waals surface area contributed by atoms with Crippen LogP contribution in [0.3, 0.4) is 0 Å². The number of nitriles is 1. The lowest BCUT2D eigenvalue weighted by Crippen LogP contribution is -2.14. The van der Waals surface area contributed by atoms with Crippen molar-refractivity contribution in [1.29, 1.82) is 5.26 Å². The first-order valence-electron chi connectivity index (χ1n) is 8.70. The second-order valence-corrected chi connectivity index (χ2v) is 9.12. The van der Waals surface area contributed by atoms with E-state index < -0.39 is 10.0 Å². The van der Waals surface area contributed by atoms with E-state index >= 15 is 0 Å². The smallest absolute Gasteiger partial charge is 0.213 e. The maximum absolute atomic E-state index is 11.3. The van der Waals surface area contributed by atoms with Gasteiger partial charge >= 0.3 is 0 Å². The summed E-state index contributed by atoms with van der Waals surface area (Å²) in [6, 6.07) is 17.7. The van der Waals surface area contributed by atoms with Crippen molar-refractivity contribution in [2.45, 2.75) is 31.4 Å². The lowest BCUT2D eigenvalue weighted by Gasteiger charge is -2.09. The van der Waals surface area contributed by atoms with Crippen LogP contribution in [0.1, 0.15) is 47.9 Å². The van der Waals surface area contributed by atoms with E-state index in [1.807, 2.05) is 48.5 Å². The molecule has 2 aliphatic rings. The van der Waals surface area contributed by atoms with Crippen LogP contribution in [0.5, 0.6) is 0 Å². The van der Waals surface area contributed by atoms with Crippen molar-refractivity contribution in [3.8, 4) is 6.07 Å². The molecule has 0 amide bonds. The minimum atomic E-state index is -3.52. The highest BCUT2D eigenvalue weighted by atomic mass is 32.2. The fourth-order valence-corrected chi connectivity index (χ4v) is 4.55. The van der Waals surface area contributed by atoms with Crippen molar-refractivity contribution in [3.05, 3.63) is 70.8 Å². The summed E-state index contributed by atoms with van der Waals surface area (Å²) in [5, 5.41) is 14.1. The SMILES string of the molecule is N#Cc1ccc(C2=C(c3ccc(CS(N)(=O)=O)cc3)CC3(CC3)C2)cc1. The minimum Gasteiger partial charge on any atom is -0.228 e. The monoisotopic (exact) mass is 364 g/mol. The predicted octanol–water partition coefficient (Wildman–Crippen LogP) is 3.83. The Balaban J connectivity index is 1.70. The molecular weight excluding hydrogens is 344 g/mol. The highest BCUT2D eigenvalue weighted by molar-refractivity contribution is 7.88. The number of primary sulfonamides is 1. The molecule has 2 N–H and O–H groups in total. The Morgan fingerprint density at radius 3 is 1.85 bits per heavy atom. The van der Waals surface area contributed by atoms with Crippen LogP contribution in [-0.4, -0.2) is 8.42 Å². The Morgan fingerprint density at radius 1 is 0.923 bits per heavy atom. The average molecular weight is 364 g/mol. The van der Waals surface area contributed by atoms with Crippen molar-refractivity contribution in [2.24, 2.45) is 10.6 Å². The second-order valence-electron chi connectivity index (χ2n) is 7.50. The second kappa shape index (κ2) is 6.08. The number of nitrogens with two attached hydrogens (primary N) is 1. The predicted molar refractivity (Wildman–Crippen MR) is 102 cm³/mol. The zero-order valence-corrected chi connectivity index (χ0v) is 15.2. The molecule has 1 spiro atoms. The molecule has 2 aliphatic carbocycles. The quantitative estimate of drug-likeness (QED) is 0.895. The van der Waals surface area contributed by atoms with Crippen LogP contribution < -0.4 is 5.14 Å². The maximum Gasteiger partial charge on any atom is 0.213 e. The summed E-state index contributed by atoms with van der Waals surface area (Å²) in [6.07, 6.45) is 4.67. The van der Waals surface area contributed by atoms with E-state index in [0.29, 0.717) is 16.5 Å². The van der Waals surface area contributed by atoms with Gasteiger partial charge in [-0.15, -0.1) is 0 Å². The van der Waals surface area contributed by atoms with Crippen molar-refractivity contribution in [1.82, 2.24) is 0 Å². The van der Waals surface area contributed by atoms with Gasteiger partial charge < -0.3 is 0 Å². The van der Waals surface area contributed by atoms with Gasteiger partial charge in [-0.05, 0) is 71.1 Å². The number of nitrogens with zero attached hydrogens (tertiary/aromatic N) is 1. The van der Waals surface area contributed by atoms with Crippen LogP contribution in [0.15, 0.2) is 48.5 Å². The van der Waals surface area contributed by atoms with E-state index in [2.05, 4.69) is 6.07 Å². The molecular formula is C21H20N2O2S. The van der Waals surface area contributed by atoms with Gasteiger partial charge in [0.2, 0.25) is 10.0 Å². The highest BCUT2D eigenvalue weighted by Gasteiger charge is 2.48. The number of sulfonamides is 1. The Hall–Kier alpha value is -2.42. The van der Waals surface area contributed by atoms with Crippen molar-refractivity contribution in [3.63, 3.8) is 0 Å². The molecule has 1 saturated carbocycles. The van der Waals surface area contributed by atoms with Crippen LogP contribution in [-0.2, 0) is 15.8 Å². The molecule has 2 aromatic rings. The third-order valence-corrected chi connectivity index (χ3v) is 6.19. The summed E-state index contributed by atoms with van der Waals surface area (Å²) >= 11 is 0. The van der Waals surface area contributed by atoms with Crippen molar-refractivity contribution in [2.75, 3.05) is 0 Å². The first-order valence-corrected chi connectivity index (χ1v) is 10.4. The van der Waals surface area contributed by atoms with Crippen molar-refractivity contribution < 1.29 is 8.42 Å². The number of hydrogen-bond acceptors (Lipinski definition) is 3. The highest BCUT2D eigenvalue weighted by Crippen LogP contribution is 2.63. The van der Waals surface area contributed by atoms with Gasteiger partial charge in [0, 0.05) is 0 Å². The topological polar surface area (TPSA) is 83.9 Å². The van der Waals surface area contributed by atoms with Crippen LogP contribution >= 0.6 is 0 Å². The van der Waals surface area contributed by atoms with Crippen molar-refractivity contribution >= 4 is 21.2 Å². The van der Waals surface area contributed by atoms with Crippen LogP contribution in [0.4, 0.5) is 0 Å². The molecule has 4 nitrogen and oxygen atoms in total. The molecule has 0 saturated heterocycles. The number of hydrogen-bond donors (Lipinski definition) is 1. The average Bonchev–Trinajstić information content (AvgIpc) is 3.25. The van der Waals surface area contributed by atoms with Crippen LogP contribution in [0.25, 0.3) is 11.1 Å². The van der Waals surface area contributed by atoms with Gasteiger partial charge in [-0.2, -0.15) is 5.26 Å². The van der Waals surface area contributed by atoms with E-state index in [-0.39, 0.29) is 5.75 Å². The molecule has 0 atom stereocenters. The summed E-state index contributed by atoms with van der Waals surface area (Å²) < 4.78 is 22.5. The van der Waals surface area contributed by atoms with Gasteiger partial charge in [-0.1, -0.05) is 36.4 Å². The Bertz CT molecular complexity index is 1020. The maximum atomic E-state index is 11.3. The van der Waals surface area contributed by atoms with Gasteiger partial charge in [-0.25, -0.2) is 13.6 Å². The fraction of sp³-hybridized carbons (Fsp3) is 0.286. The van der Waals surface area contributed by atoms with Crippen LogP contribution in [0, 0.1) is 16.7 Å². The molecule has 132 valence electrons. The fourth-order valence-electron chi connectivity index (χ4n) is 3.89. The zero-order chi connectivity index (χ0) is 18.4. The van der Waals surface area contributed by atoms with Gasteiger partial charge in [0.25, 0.3) is 0 Å². The van der Waals surface area contributed by atoms with E-state index in [1.54, 1.807) is 0 Å². The summed E-state index contributed by atoms with van der Waals surface area (Å²) in [5.74, 6) is -0.140. The third kappa shape index (κ3) is 3.44. The number of allylic oxidation sites excluding steroid dienone is 2. The molecule has 0 aliphatic heterocycles. The molecule has 1 fully saturated rings. The summed E-state index contributed by atoms with van der Waals surface area (Å²) in [5.41, 5.74) is 6.80. The number of benzene rings is 2. The molecule has 0 bridgehead atoms. The van der Waals surface area contributed by atoms with Gasteiger partial charge in [-0.3, -0.25) is 0 Å². The Kier molecular flexibility index (Phi) is 3.98. The number of rotatable bonds is 4. The first kappa shape index (κ1) is 17.0. The lowest BCUT2D eigenvalue weighted by molar-refractivity contribution is 0.568. The minimum absolute atomic E-state index is 0.140. The molecule has 2 aromatic carbocycles. The zero-order valence-electron chi connectivity index (χ0n) is 14.4. The molecule has 4 rings (SSSR count). The molecule has 0 unspecified atom stereocenters. The third-order valence-electron chi connectivity index (χ3n) is 5.46. The van der Waals surface area contributed by atoms with Gasteiger partial charge in [0.05, 0.1) is 17.4 Å². The van der Waals surface area contributed by atoms with E-state index in [4.69, 9.17) is 10.4 Å². The molecule has 26 heavy (non-hydrogen) atoms.